The maximum absolute atomic E-state index is 12.7. The Morgan fingerprint density at radius 1 is 0.867 bits per heavy atom. The van der Waals surface area contributed by atoms with Crippen molar-refractivity contribution >= 4 is 43.3 Å². The molecule has 0 fully saturated rings. The van der Waals surface area contributed by atoms with Crippen LogP contribution < -0.4 is 9.86 Å². The minimum atomic E-state index is -4.08. The van der Waals surface area contributed by atoms with Crippen molar-refractivity contribution in [1.29, 1.82) is 0 Å². The molecule has 3 aromatic carbocycles. The van der Waals surface area contributed by atoms with Crippen LogP contribution in [0.4, 0.5) is 5.69 Å². The number of sulfonamides is 2. The van der Waals surface area contributed by atoms with E-state index >= 15 is 0 Å². The molecule has 30 heavy (non-hydrogen) atoms. The van der Waals surface area contributed by atoms with Gasteiger partial charge in [-0.1, -0.05) is 35.9 Å². The summed E-state index contributed by atoms with van der Waals surface area (Å²) < 4.78 is 50.6. The molecular weight excluding hydrogens is 452 g/mol. The number of rotatable bonds is 6. The number of carboxylic acids is 1. The Bertz CT molecular complexity index is 1340. The number of carbonyl (C=O) groups is 1. The number of halogens is 1. The van der Waals surface area contributed by atoms with Gasteiger partial charge in [0.1, 0.15) is 0 Å². The zero-order chi connectivity index (χ0) is 22.1. The fourth-order valence-electron chi connectivity index (χ4n) is 2.67. The maximum Gasteiger partial charge on any atom is 0.337 e. The van der Waals surface area contributed by atoms with Crippen LogP contribution in [-0.2, 0) is 20.0 Å². The highest BCUT2D eigenvalue weighted by molar-refractivity contribution is 7.92. The van der Waals surface area contributed by atoms with E-state index in [1.54, 1.807) is 6.07 Å². The van der Waals surface area contributed by atoms with Crippen LogP contribution in [0.3, 0.4) is 0 Å². The van der Waals surface area contributed by atoms with Gasteiger partial charge in [0.2, 0.25) is 10.0 Å². The Labute approximate surface area is 178 Å². The summed E-state index contributed by atoms with van der Waals surface area (Å²) in [7, 11) is -7.96. The van der Waals surface area contributed by atoms with Crippen LogP contribution in [0.25, 0.3) is 11.1 Å². The summed E-state index contributed by atoms with van der Waals surface area (Å²) in [5, 5.41) is 14.5. The second kappa shape index (κ2) is 8.07. The molecule has 0 aliphatic heterocycles. The van der Waals surface area contributed by atoms with Crippen molar-refractivity contribution in [1.82, 2.24) is 0 Å². The highest BCUT2D eigenvalue weighted by Crippen LogP contribution is 2.26. The number of anilines is 1. The van der Waals surface area contributed by atoms with Crippen LogP contribution >= 0.6 is 11.6 Å². The average Bonchev–Trinajstić information content (AvgIpc) is 2.68. The molecule has 0 amide bonds. The van der Waals surface area contributed by atoms with Gasteiger partial charge in [-0.15, -0.1) is 0 Å². The minimum Gasteiger partial charge on any atom is -0.478 e. The van der Waals surface area contributed by atoms with Gasteiger partial charge in [0.15, 0.2) is 0 Å². The monoisotopic (exact) mass is 466 g/mol. The minimum absolute atomic E-state index is 0.0673. The Kier molecular flexibility index (Phi) is 5.86. The van der Waals surface area contributed by atoms with E-state index in [1.807, 2.05) is 0 Å². The summed E-state index contributed by atoms with van der Waals surface area (Å²) in [6.45, 7) is 0. The molecule has 0 aliphatic carbocycles. The summed E-state index contributed by atoms with van der Waals surface area (Å²) in [6, 6.07) is 15.3. The molecule has 0 saturated heterocycles. The van der Waals surface area contributed by atoms with E-state index < -0.39 is 26.0 Å². The molecule has 0 aromatic heterocycles. The predicted molar refractivity (Wildman–Crippen MR) is 112 cm³/mol. The first-order valence-electron chi connectivity index (χ1n) is 8.26. The molecule has 11 heteroatoms. The number of hydrogen-bond acceptors (Lipinski definition) is 5. The van der Waals surface area contributed by atoms with Gasteiger partial charge < -0.3 is 5.11 Å². The third kappa shape index (κ3) is 4.79. The lowest BCUT2D eigenvalue weighted by atomic mass is 10.1. The summed E-state index contributed by atoms with van der Waals surface area (Å²) in [4.78, 5) is 11.2. The van der Waals surface area contributed by atoms with Gasteiger partial charge in [-0.2, -0.15) is 0 Å². The molecule has 0 saturated carbocycles. The van der Waals surface area contributed by atoms with Gasteiger partial charge in [0.05, 0.1) is 21.0 Å². The first kappa shape index (κ1) is 21.8. The zero-order valence-corrected chi connectivity index (χ0v) is 17.5. The Morgan fingerprint density at radius 2 is 1.53 bits per heavy atom. The summed E-state index contributed by atoms with van der Waals surface area (Å²) in [5.41, 5.74) is 0.681. The molecule has 8 nitrogen and oxygen atoms in total. The molecule has 0 aliphatic rings. The Morgan fingerprint density at radius 3 is 2.13 bits per heavy atom. The molecule has 4 N–H and O–H groups in total. The number of hydrogen-bond donors (Lipinski definition) is 3. The van der Waals surface area contributed by atoms with Crippen LogP contribution in [0, 0.1) is 0 Å². The van der Waals surface area contributed by atoms with Crippen molar-refractivity contribution in [3.63, 3.8) is 0 Å². The second-order valence-electron chi connectivity index (χ2n) is 6.20. The number of carboxylic acid groups (broad SMARTS) is 1. The Balaban J connectivity index is 1.92. The number of nitrogens with one attached hydrogen (secondary N) is 1. The van der Waals surface area contributed by atoms with Crippen molar-refractivity contribution < 1.29 is 26.7 Å². The summed E-state index contributed by atoms with van der Waals surface area (Å²) in [5.74, 6) is -1.33. The number of primary sulfonamides is 1. The molecule has 0 heterocycles. The number of nitrogens with two attached hydrogens (primary N) is 1. The predicted octanol–water partition coefficient (Wildman–Crippen LogP) is 3.15. The molecular formula is C19H15ClN2O6S2. The van der Waals surface area contributed by atoms with E-state index in [4.69, 9.17) is 16.7 Å². The van der Waals surface area contributed by atoms with Gasteiger partial charge in [-0.05, 0) is 53.6 Å². The second-order valence-corrected chi connectivity index (χ2v) is 9.88. The van der Waals surface area contributed by atoms with Crippen LogP contribution in [0.1, 0.15) is 10.4 Å². The van der Waals surface area contributed by atoms with Crippen molar-refractivity contribution in [2.75, 3.05) is 4.72 Å². The molecule has 0 bridgehead atoms. The summed E-state index contributed by atoms with van der Waals surface area (Å²) >= 11 is 5.78. The third-order valence-corrected chi connectivity index (χ3v) is 6.64. The van der Waals surface area contributed by atoms with Crippen LogP contribution in [0.5, 0.6) is 0 Å². The van der Waals surface area contributed by atoms with Gasteiger partial charge in [0.25, 0.3) is 10.0 Å². The molecule has 0 unspecified atom stereocenters. The highest BCUT2D eigenvalue weighted by Gasteiger charge is 2.19. The molecule has 3 aromatic rings. The summed E-state index contributed by atoms with van der Waals surface area (Å²) in [6.07, 6.45) is 0. The van der Waals surface area contributed by atoms with Crippen molar-refractivity contribution in [2.24, 2.45) is 5.14 Å². The van der Waals surface area contributed by atoms with Crippen LogP contribution in [0.15, 0.2) is 76.5 Å². The van der Waals surface area contributed by atoms with Gasteiger partial charge in [0, 0.05) is 5.02 Å². The van der Waals surface area contributed by atoms with Crippen LogP contribution in [0.2, 0.25) is 5.02 Å². The van der Waals surface area contributed by atoms with E-state index in [0.717, 1.165) is 6.07 Å². The fourth-order valence-corrected chi connectivity index (χ4v) is 4.48. The molecule has 0 atom stereocenters. The molecule has 0 radical (unpaired) electrons. The van der Waals surface area contributed by atoms with E-state index in [0.29, 0.717) is 11.1 Å². The topological polar surface area (TPSA) is 144 Å². The molecule has 3 rings (SSSR count). The SMILES string of the molecule is NS(=O)(=O)c1cccc(-c2ccc(S(=O)(=O)Nc3ccc(Cl)cc3C(=O)O)cc2)c1. The van der Waals surface area contributed by atoms with Crippen molar-refractivity contribution in [2.45, 2.75) is 9.79 Å². The van der Waals surface area contributed by atoms with Crippen molar-refractivity contribution in [3.8, 4) is 11.1 Å². The maximum atomic E-state index is 12.7. The first-order valence-corrected chi connectivity index (χ1v) is 11.7. The fraction of sp³-hybridized carbons (Fsp3) is 0. The first-order chi connectivity index (χ1) is 14.0. The Hall–Kier alpha value is -2.92. The lowest BCUT2D eigenvalue weighted by Crippen LogP contribution is -2.15. The third-order valence-electron chi connectivity index (χ3n) is 4.12. The standard InChI is InChI=1S/C19H15ClN2O6S2/c20-14-6-9-18(17(11-14)19(23)24)22-30(27,28)15-7-4-12(5-8-15)13-2-1-3-16(10-13)29(21,25)26/h1-11,22H,(H,23,24)(H2,21,25,26). The van der Waals surface area contributed by atoms with E-state index in [2.05, 4.69) is 4.72 Å². The molecule has 0 spiro atoms. The zero-order valence-electron chi connectivity index (χ0n) is 15.1. The van der Waals surface area contributed by atoms with E-state index in [9.17, 15) is 26.7 Å². The van der Waals surface area contributed by atoms with Gasteiger partial charge in [-0.3, -0.25) is 4.72 Å². The van der Waals surface area contributed by atoms with Crippen LogP contribution in [-0.4, -0.2) is 27.9 Å². The van der Waals surface area contributed by atoms with Gasteiger partial charge in [-0.25, -0.2) is 26.8 Å². The quantitative estimate of drug-likeness (QED) is 0.509. The lowest BCUT2D eigenvalue weighted by molar-refractivity contribution is 0.0698. The van der Waals surface area contributed by atoms with Crippen molar-refractivity contribution in [3.05, 3.63) is 77.3 Å². The number of aromatic carboxylic acids is 1. The molecule has 156 valence electrons. The normalized spacial score (nSPS) is 11.8. The van der Waals surface area contributed by atoms with E-state index in [1.165, 1.54) is 54.6 Å². The van der Waals surface area contributed by atoms with E-state index in [-0.39, 0.29) is 26.1 Å². The van der Waals surface area contributed by atoms with Gasteiger partial charge >= 0.3 is 5.97 Å². The average molecular weight is 467 g/mol. The highest BCUT2D eigenvalue weighted by atomic mass is 35.5. The number of benzene rings is 3. The largest absolute Gasteiger partial charge is 0.478 e. The lowest BCUT2D eigenvalue weighted by Gasteiger charge is -2.11. The smallest absolute Gasteiger partial charge is 0.337 e.